The van der Waals surface area contributed by atoms with Crippen molar-refractivity contribution in [3.05, 3.63) is 63.7 Å². The Kier molecular flexibility index (Phi) is 4.97. The highest BCUT2D eigenvalue weighted by Gasteiger charge is 2.24. The van der Waals surface area contributed by atoms with E-state index in [1.54, 1.807) is 18.5 Å². The molecule has 0 fully saturated rings. The minimum absolute atomic E-state index is 0.129. The maximum absolute atomic E-state index is 12.4. The van der Waals surface area contributed by atoms with Crippen molar-refractivity contribution in [2.75, 3.05) is 5.32 Å². The Morgan fingerprint density at radius 3 is 2.63 bits per heavy atom. The third-order valence-corrected chi connectivity index (χ3v) is 4.20. The van der Waals surface area contributed by atoms with Crippen molar-refractivity contribution in [1.82, 2.24) is 24.5 Å². The van der Waals surface area contributed by atoms with Gasteiger partial charge in [0.2, 0.25) is 5.95 Å². The molecular weight excluding hydrogens is 350 g/mol. The number of carbonyl (C=O) groups excluding carboxylic acids is 1. The number of aromatic nitrogens is 5. The Labute approximate surface area is 155 Å². The fourth-order valence-electron chi connectivity index (χ4n) is 2.62. The zero-order valence-electron chi connectivity index (χ0n) is 15.2. The van der Waals surface area contributed by atoms with Crippen LogP contribution < -0.4 is 5.32 Å². The molecule has 1 N–H and O–H groups in total. The molecule has 0 aliphatic carbocycles. The van der Waals surface area contributed by atoms with Gasteiger partial charge in [0.1, 0.15) is 24.3 Å². The molecule has 10 heteroatoms. The van der Waals surface area contributed by atoms with E-state index in [0.717, 1.165) is 11.8 Å². The average Bonchev–Trinajstić information content (AvgIpc) is 3.22. The molecule has 1 unspecified atom stereocenters. The number of nitrogens with zero attached hydrogens (tertiary/aromatic N) is 6. The third kappa shape index (κ3) is 4.00. The molecule has 1 aromatic carbocycles. The highest BCUT2D eigenvalue weighted by atomic mass is 16.6. The summed E-state index contributed by atoms with van der Waals surface area (Å²) in [5.41, 5.74) is 2.42. The van der Waals surface area contributed by atoms with E-state index in [1.165, 1.54) is 16.6 Å². The van der Waals surface area contributed by atoms with Crippen LogP contribution in [0.1, 0.15) is 29.8 Å². The molecule has 0 saturated heterocycles. The number of rotatable bonds is 6. The van der Waals surface area contributed by atoms with Crippen LogP contribution in [0.5, 0.6) is 0 Å². The van der Waals surface area contributed by atoms with Gasteiger partial charge >= 0.3 is 5.69 Å². The fraction of sp³-hybridized carbons (Fsp3) is 0.294. The van der Waals surface area contributed by atoms with Gasteiger partial charge in [-0.15, -0.1) is 5.10 Å². The number of benzene rings is 1. The fourth-order valence-corrected chi connectivity index (χ4v) is 2.62. The molecule has 2 aromatic heterocycles. The largest absolute Gasteiger partial charge is 0.309 e. The van der Waals surface area contributed by atoms with Crippen LogP contribution >= 0.6 is 0 Å². The minimum Gasteiger partial charge on any atom is -0.291 e. The van der Waals surface area contributed by atoms with E-state index in [-0.39, 0.29) is 11.6 Å². The first-order chi connectivity index (χ1) is 12.8. The first kappa shape index (κ1) is 18.2. The van der Waals surface area contributed by atoms with E-state index in [9.17, 15) is 14.9 Å². The molecule has 0 aliphatic heterocycles. The zero-order chi connectivity index (χ0) is 19.6. The Balaban J connectivity index is 1.66. The highest BCUT2D eigenvalue weighted by molar-refractivity contribution is 5.91. The van der Waals surface area contributed by atoms with Crippen molar-refractivity contribution in [2.24, 2.45) is 0 Å². The Morgan fingerprint density at radius 1 is 1.30 bits per heavy atom. The molecular formula is C17H19N7O3. The minimum atomic E-state index is -0.747. The number of hydrogen-bond donors (Lipinski definition) is 1. The number of nitrogens with one attached hydrogen (secondary N) is 1. The molecule has 10 nitrogen and oxygen atoms in total. The summed E-state index contributed by atoms with van der Waals surface area (Å²) < 4.78 is 2.92. The molecule has 0 spiro atoms. The summed E-state index contributed by atoms with van der Waals surface area (Å²) in [6.45, 7) is 5.69. The van der Waals surface area contributed by atoms with Gasteiger partial charge in [0.25, 0.3) is 5.91 Å². The van der Waals surface area contributed by atoms with Crippen molar-refractivity contribution >= 4 is 17.5 Å². The van der Waals surface area contributed by atoms with Crippen LogP contribution in [0.2, 0.25) is 0 Å². The lowest BCUT2D eigenvalue weighted by atomic mass is 10.1. The molecule has 140 valence electrons. The first-order valence-electron chi connectivity index (χ1n) is 8.29. The van der Waals surface area contributed by atoms with E-state index in [2.05, 4.69) is 20.5 Å². The predicted octanol–water partition coefficient (Wildman–Crippen LogP) is 2.25. The van der Waals surface area contributed by atoms with Gasteiger partial charge in [0, 0.05) is 0 Å². The van der Waals surface area contributed by atoms with Crippen LogP contribution in [0.4, 0.5) is 11.6 Å². The van der Waals surface area contributed by atoms with Crippen molar-refractivity contribution in [2.45, 2.75) is 33.4 Å². The van der Waals surface area contributed by atoms with Crippen LogP contribution in [0.15, 0.2) is 36.8 Å². The van der Waals surface area contributed by atoms with Crippen LogP contribution in [0.25, 0.3) is 0 Å². The molecule has 27 heavy (non-hydrogen) atoms. The second kappa shape index (κ2) is 7.36. The maximum Gasteiger partial charge on any atom is 0.309 e. The lowest BCUT2D eigenvalue weighted by Gasteiger charge is -2.12. The Hall–Kier alpha value is -3.56. The molecule has 0 bridgehead atoms. The highest BCUT2D eigenvalue weighted by Crippen LogP contribution is 2.20. The molecule has 0 aliphatic rings. The van der Waals surface area contributed by atoms with Crippen molar-refractivity contribution in [3.8, 4) is 0 Å². The van der Waals surface area contributed by atoms with Gasteiger partial charge < -0.3 is 0 Å². The molecule has 1 amide bonds. The summed E-state index contributed by atoms with van der Waals surface area (Å²) in [6.07, 6.45) is 2.66. The van der Waals surface area contributed by atoms with E-state index >= 15 is 0 Å². The Morgan fingerprint density at radius 2 is 2.00 bits per heavy atom. The zero-order valence-corrected chi connectivity index (χ0v) is 15.2. The van der Waals surface area contributed by atoms with Gasteiger partial charge in [-0.3, -0.25) is 24.9 Å². The first-order valence-corrected chi connectivity index (χ1v) is 8.29. The van der Waals surface area contributed by atoms with Crippen molar-refractivity contribution < 1.29 is 9.72 Å². The van der Waals surface area contributed by atoms with Gasteiger partial charge in [-0.1, -0.05) is 29.8 Å². The normalized spacial score (nSPS) is 12.0. The lowest BCUT2D eigenvalue weighted by molar-refractivity contribution is -0.385. The second-order valence-electron chi connectivity index (χ2n) is 6.23. The molecule has 2 heterocycles. The number of amides is 1. The van der Waals surface area contributed by atoms with Crippen LogP contribution in [-0.4, -0.2) is 35.4 Å². The van der Waals surface area contributed by atoms with E-state index in [1.807, 2.05) is 31.2 Å². The summed E-state index contributed by atoms with van der Waals surface area (Å²) >= 11 is 0. The van der Waals surface area contributed by atoms with E-state index < -0.39 is 16.9 Å². The molecule has 0 saturated carbocycles. The molecule has 0 radical (unpaired) electrons. The summed E-state index contributed by atoms with van der Waals surface area (Å²) in [5.74, 6) is -0.248. The smallest absolute Gasteiger partial charge is 0.291 e. The number of anilines is 1. The molecule has 3 aromatic rings. The summed E-state index contributed by atoms with van der Waals surface area (Å²) in [4.78, 5) is 26.9. The maximum atomic E-state index is 12.4. The van der Waals surface area contributed by atoms with E-state index in [4.69, 9.17) is 0 Å². The SMILES string of the molecule is Cc1ccc(Cn2cnc(NC(=O)C(C)n3ncc([N+](=O)[O-])c3C)n2)cc1. The topological polar surface area (TPSA) is 121 Å². The van der Waals surface area contributed by atoms with Crippen LogP contribution in [0, 0.1) is 24.0 Å². The number of carbonyl (C=O) groups is 1. The van der Waals surface area contributed by atoms with E-state index in [0.29, 0.717) is 12.2 Å². The van der Waals surface area contributed by atoms with Gasteiger partial charge in [-0.2, -0.15) is 5.10 Å². The second-order valence-corrected chi connectivity index (χ2v) is 6.23. The average molecular weight is 369 g/mol. The standard InChI is InChI=1S/C17H19N7O3/c1-11-4-6-14(7-5-11)9-22-10-18-17(21-22)20-16(25)13(3)23-12(2)15(8-19-23)24(26)27/h4-8,10,13H,9H2,1-3H3,(H,20,21,25). The number of nitro groups is 1. The third-order valence-electron chi connectivity index (χ3n) is 4.20. The van der Waals surface area contributed by atoms with Crippen molar-refractivity contribution in [1.29, 1.82) is 0 Å². The van der Waals surface area contributed by atoms with Gasteiger partial charge in [-0.25, -0.2) is 9.67 Å². The van der Waals surface area contributed by atoms with Gasteiger partial charge in [0.05, 0.1) is 11.5 Å². The number of aryl methyl sites for hydroxylation is 1. The van der Waals surface area contributed by atoms with Gasteiger partial charge in [0.15, 0.2) is 0 Å². The quantitative estimate of drug-likeness (QED) is 0.525. The lowest BCUT2D eigenvalue weighted by Crippen LogP contribution is -2.25. The molecule has 3 rings (SSSR count). The summed E-state index contributed by atoms with van der Waals surface area (Å²) in [7, 11) is 0. The predicted molar refractivity (Wildman–Crippen MR) is 97.3 cm³/mol. The number of hydrogen-bond acceptors (Lipinski definition) is 6. The van der Waals surface area contributed by atoms with Crippen LogP contribution in [-0.2, 0) is 11.3 Å². The van der Waals surface area contributed by atoms with Crippen molar-refractivity contribution in [3.63, 3.8) is 0 Å². The van der Waals surface area contributed by atoms with Gasteiger partial charge in [-0.05, 0) is 26.3 Å². The summed E-state index contributed by atoms with van der Waals surface area (Å²) in [5, 5.41) is 21.7. The van der Waals surface area contributed by atoms with Crippen LogP contribution in [0.3, 0.4) is 0 Å². The monoisotopic (exact) mass is 369 g/mol. The summed E-state index contributed by atoms with van der Waals surface area (Å²) in [6, 6.07) is 7.29. The Bertz CT molecular complexity index is 975. The molecule has 1 atom stereocenters.